The van der Waals surface area contributed by atoms with E-state index in [-0.39, 0.29) is 17.4 Å². The molecule has 2 heterocycles. The van der Waals surface area contributed by atoms with Crippen LogP contribution >= 0.6 is 23.2 Å². The van der Waals surface area contributed by atoms with Crippen molar-refractivity contribution in [1.82, 2.24) is 9.80 Å². The van der Waals surface area contributed by atoms with Crippen molar-refractivity contribution in [3.05, 3.63) is 87.4 Å². The van der Waals surface area contributed by atoms with Crippen LogP contribution in [0.3, 0.4) is 0 Å². The highest BCUT2D eigenvalue weighted by Crippen LogP contribution is 2.50. The van der Waals surface area contributed by atoms with Gasteiger partial charge in [0.2, 0.25) is 11.7 Å². The Morgan fingerprint density at radius 2 is 1.60 bits per heavy atom. The first-order valence-corrected chi connectivity index (χ1v) is 15.5. The van der Waals surface area contributed by atoms with Gasteiger partial charge < -0.3 is 19.9 Å². The largest absolute Gasteiger partial charge is 0.493 e. The molecule has 3 unspecified atom stereocenters. The monoisotopic (exact) mass is 625 g/mol. The number of benzene rings is 3. The minimum atomic E-state index is -0.759. The second-order valence-electron chi connectivity index (χ2n) is 11.7. The normalized spacial score (nSPS) is 24.6. The van der Waals surface area contributed by atoms with Crippen LogP contribution in [0.25, 0.3) is 0 Å². The van der Waals surface area contributed by atoms with Crippen LogP contribution in [-0.4, -0.2) is 69.3 Å². The van der Waals surface area contributed by atoms with E-state index in [0.717, 1.165) is 49.3 Å². The molecule has 0 radical (unpaired) electrons. The Labute approximate surface area is 264 Å². The highest BCUT2D eigenvalue weighted by Gasteiger charge is 2.54. The summed E-state index contributed by atoms with van der Waals surface area (Å²) in [6, 6.07) is 20.1. The molecular weight excluding hydrogens is 585 g/mol. The van der Waals surface area contributed by atoms with Crippen molar-refractivity contribution in [3.63, 3.8) is 0 Å². The van der Waals surface area contributed by atoms with Crippen molar-refractivity contribution >= 4 is 29.1 Å². The van der Waals surface area contributed by atoms with Gasteiger partial charge in [0, 0.05) is 24.5 Å². The maximum absolute atomic E-state index is 13.4. The van der Waals surface area contributed by atoms with Crippen molar-refractivity contribution in [3.8, 4) is 17.2 Å². The number of likely N-dealkylation sites (N-methyl/N-ethyl adjacent to an activating group) is 1. The predicted molar refractivity (Wildman–Crippen MR) is 172 cm³/mol. The van der Waals surface area contributed by atoms with Crippen LogP contribution in [0.2, 0.25) is 10.0 Å². The summed E-state index contributed by atoms with van der Waals surface area (Å²) in [7, 11) is 4.87. The molecule has 2 saturated heterocycles. The Balaban J connectivity index is 1.57. The van der Waals surface area contributed by atoms with Crippen LogP contribution < -0.4 is 19.9 Å². The first-order valence-electron chi connectivity index (χ1n) is 14.8. The molecule has 43 heavy (non-hydrogen) atoms. The van der Waals surface area contributed by atoms with Gasteiger partial charge in [0.15, 0.2) is 11.5 Å². The summed E-state index contributed by atoms with van der Waals surface area (Å²) in [6.07, 6.45) is 2.20. The number of ether oxygens (including phenoxy) is 3. The topological polar surface area (TPSA) is 77.3 Å². The van der Waals surface area contributed by atoms with Crippen molar-refractivity contribution in [2.75, 3.05) is 47.5 Å². The number of hydrogen-bond donors (Lipinski definition) is 1. The number of primary amides is 1. The summed E-state index contributed by atoms with van der Waals surface area (Å²) in [5.74, 6) is 1.57. The third-order valence-corrected chi connectivity index (χ3v) is 10.4. The molecule has 2 aliphatic rings. The number of carbonyl (C=O) groups is 1. The second kappa shape index (κ2) is 12.9. The first kappa shape index (κ1) is 31.5. The Bertz CT molecular complexity index is 1430. The maximum atomic E-state index is 13.4. The molecule has 0 spiro atoms. The summed E-state index contributed by atoms with van der Waals surface area (Å²) in [5.41, 5.74) is 8.38. The third-order valence-electron chi connectivity index (χ3n) is 9.66. The van der Waals surface area contributed by atoms with Crippen molar-refractivity contribution in [2.45, 2.75) is 49.6 Å². The van der Waals surface area contributed by atoms with Crippen LogP contribution in [0.15, 0.2) is 60.7 Å². The highest BCUT2D eigenvalue weighted by molar-refractivity contribution is 6.42. The van der Waals surface area contributed by atoms with E-state index in [1.165, 1.54) is 0 Å². The number of amides is 1. The Morgan fingerprint density at radius 1 is 0.907 bits per heavy atom. The molecule has 230 valence electrons. The van der Waals surface area contributed by atoms with Gasteiger partial charge in [-0.1, -0.05) is 66.5 Å². The Hall–Kier alpha value is -2.97. The van der Waals surface area contributed by atoms with Crippen molar-refractivity contribution in [1.29, 1.82) is 0 Å². The summed E-state index contributed by atoms with van der Waals surface area (Å²) in [4.78, 5) is 18.4. The second-order valence-corrected chi connectivity index (χ2v) is 12.5. The fraction of sp³-hybridized carbons (Fsp3) is 0.441. The molecule has 9 heteroatoms. The molecule has 3 atom stereocenters. The fourth-order valence-corrected chi connectivity index (χ4v) is 7.70. The molecule has 1 amide bonds. The molecule has 3 aromatic carbocycles. The van der Waals surface area contributed by atoms with E-state index in [1.807, 2.05) is 54.6 Å². The number of halogens is 2. The average Bonchev–Trinajstić information content (AvgIpc) is 3.46. The highest BCUT2D eigenvalue weighted by atomic mass is 35.5. The number of hydrogen-bond acceptors (Lipinski definition) is 6. The number of nitrogens with two attached hydrogens (primary N) is 1. The zero-order valence-electron chi connectivity index (χ0n) is 25.4. The minimum Gasteiger partial charge on any atom is -0.493 e. The lowest BCUT2D eigenvalue weighted by molar-refractivity contribution is -0.127. The molecule has 2 fully saturated rings. The van der Waals surface area contributed by atoms with Gasteiger partial charge in [0.05, 0.1) is 36.8 Å². The molecule has 2 aliphatic heterocycles. The number of carbonyl (C=O) groups excluding carboxylic acids is 1. The van der Waals surface area contributed by atoms with Crippen LogP contribution in [0.5, 0.6) is 17.2 Å². The number of methoxy groups -OCH3 is 3. The first-order chi connectivity index (χ1) is 20.7. The zero-order valence-corrected chi connectivity index (χ0v) is 26.9. The van der Waals surface area contributed by atoms with Gasteiger partial charge in [-0.3, -0.25) is 14.6 Å². The lowest BCUT2D eigenvalue weighted by Crippen LogP contribution is -2.61. The molecule has 0 aliphatic carbocycles. The van der Waals surface area contributed by atoms with Crippen LogP contribution in [0.1, 0.15) is 42.9 Å². The zero-order chi connectivity index (χ0) is 30.8. The van der Waals surface area contributed by atoms with Crippen molar-refractivity contribution < 1.29 is 19.0 Å². The average molecular weight is 627 g/mol. The van der Waals surface area contributed by atoms with Crippen LogP contribution in [0, 0.1) is 0 Å². The third kappa shape index (κ3) is 5.80. The summed E-state index contributed by atoms with van der Waals surface area (Å²) < 4.78 is 16.8. The molecule has 0 saturated carbocycles. The summed E-state index contributed by atoms with van der Waals surface area (Å²) in [6.45, 7) is 6.15. The lowest BCUT2D eigenvalue weighted by Gasteiger charge is -2.52. The molecule has 2 N–H and O–H groups in total. The van der Waals surface area contributed by atoms with Gasteiger partial charge in [0.1, 0.15) is 0 Å². The number of rotatable bonds is 10. The van der Waals surface area contributed by atoms with E-state index in [2.05, 4.69) is 22.8 Å². The van der Waals surface area contributed by atoms with Gasteiger partial charge in [-0.05, 0) is 79.9 Å². The smallest absolute Gasteiger partial charge is 0.228 e. The Morgan fingerprint density at radius 3 is 2.19 bits per heavy atom. The van der Waals surface area contributed by atoms with Crippen molar-refractivity contribution in [2.24, 2.45) is 5.73 Å². The van der Waals surface area contributed by atoms with E-state index >= 15 is 0 Å². The SMILES string of the molecule is CCN1CCC(C(N)=O)(c2ccccc2)CC1C1(c2ccc(Cl)c(Cl)c2)CCN(Cc2cc(OC)c(OC)c(OC)c2)C1. The molecule has 5 rings (SSSR count). The summed E-state index contributed by atoms with van der Waals surface area (Å²) in [5, 5.41) is 1.06. The molecule has 7 nitrogen and oxygen atoms in total. The lowest BCUT2D eigenvalue weighted by atomic mass is 9.61. The fourth-order valence-electron chi connectivity index (χ4n) is 7.40. The summed E-state index contributed by atoms with van der Waals surface area (Å²) >= 11 is 13.1. The Kier molecular flexibility index (Phi) is 9.47. The van der Waals surface area contributed by atoms with E-state index in [9.17, 15) is 4.79 Å². The molecule has 0 bridgehead atoms. The molecular formula is C34H41Cl2N3O4. The number of piperidine rings is 1. The van der Waals surface area contributed by atoms with E-state index < -0.39 is 5.41 Å². The maximum Gasteiger partial charge on any atom is 0.228 e. The van der Waals surface area contributed by atoms with Gasteiger partial charge in [-0.25, -0.2) is 0 Å². The van der Waals surface area contributed by atoms with E-state index in [0.29, 0.717) is 46.7 Å². The van der Waals surface area contributed by atoms with Gasteiger partial charge in [-0.2, -0.15) is 0 Å². The van der Waals surface area contributed by atoms with Gasteiger partial charge in [-0.15, -0.1) is 0 Å². The molecule has 3 aromatic rings. The standard InChI is InChI=1S/C34H41Cl2N3O4/c1-5-39-16-14-33(32(37)40,24-9-7-6-8-10-24)20-30(39)34(25-11-12-26(35)27(36)19-25)13-15-38(22-34)21-23-17-28(41-2)31(43-4)29(18-23)42-3/h6-12,17-19,30H,5,13-16,20-22H2,1-4H3,(H2,37,40). The molecule has 0 aromatic heterocycles. The quantitative estimate of drug-likeness (QED) is 0.295. The van der Waals surface area contributed by atoms with Gasteiger partial charge >= 0.3 is 0 Å². The van der Waals surface area contributed by atoms with Crippen LogP contribution in [0.4, 0.5) is 0 Å². The van der Waals surface area contributed by atoms with E-state index in [1.54, 1.807) is 21.3 Å². The predicted octanol–water partition coefficient (Wildman–Crippen LogP) is 6.07. The van der Waals surface area contributed by atoms with Crippen LogP contribution in [-0.2, 0) is 22.2 Å². The van der Waals surface area contributed by atoms with E-state index in [4.69, 9.17) is 43.1 Å². The van der Waals surface area contributed by atoms with Gasteiger partial charge in [0.25, 0.3) is 0 Å². The number of nitrogens with zero attached hydrogens (tertiary/aromatic N) is 2. The number of likely N-dealkylation sites (tertiary alicyclic amines) is 2. The minimum absolute atomic E-state index is 0.0427.